The molecule has 1 aromatic heterocycles. The molecule has 0 aliphatic rings. The van der Waals surface area contributed by atoms with Gasteiger partial charge in [-0.2, -0.15) is 5.26 Å². The van der Waals surface area contributed by atoms with Gasteiger partial charge in [0.2, 0.25) is 0 Å². The minimum atomic E-state index is 0.0411. The van der Waals surface area contributed by atoms with E-state index in [4.69, 9.17) is 5.26 Å². The van der Waals surface area contributed by atoms with Gasteiger partial charge in [-0.05, 0) is 12.1 Å². The first-order valence-electron chi connectivity index (χ1n) is 3.55. The molecule has 0 radical (unpaired) electrons. The maximum absolute atomic E-state index is 9.44. The quantitative estimate of drug-likeness (QED) is 0.670. The first-order chi connectivity index (χ1) is 6.22. The van der Waals surface area contributed by atoms with E-state index in [0.717, 1.165) is 0 Å². The first kappa shape index (κ1) is 7.90. The highest BCUT2D eigenvalue weighted by atomic mass is 32.1. The number of rotatable bonds is 0. The van der Waals surface area contributed by atoms with E-state index in [9.17, 15) is 10.2 Å². The number of nitrogens with zero attached hydrogens (tertiary/aromatic N) is 1. The van der Waals surface area contributed by atoms with Crippen LogP contribution in [-0.2, 0) is 0 Å². The average Bonchev–Trinajstić information content (AvgIpc) is 2.48. The predicted molar refractivity (Wildman–Crippen MR) is 49.9 cm³/mol. The van der Waals surface area contributed by atoms with E-state index in [-0.39, 0.29) is 11.5 Å². The van der Waals surface area contributed by atoms with Crippen molar-refractivity contribution >= 4 is 21.4 Å². The fraction of sp³-hybridized carbons (Fsp3) is 0. The number of hydrogen-bond donors (Lipinski definition) is 2. The van der Waals surface area contributed by atoms with E-state index < -0.39 is 0 Å². The maximum atomic E-state index is 9.44. The lowest BCUT2D eigenvalue weighted by Crippen LogP contribution is -1.73. The summed E-state index contributed by atoms with van der Waals surface area (Å²) in [5.41, 5.74) is 0.346. The highest BCUT2D eigenvalue weighted by Gasteiger charge is 2.08. The normalized spacial score (nSPS) is 10.1. The van der Waals surface area contributed by atoms with Gasteiger partial charge < -0.3 is 10.2 Å². The third-order valence-corrected chi connectivity index (χ3v) is 2.77. The molecule has 0 unspecified atom stereocenters. The lowest BCUT2D eigenvalue weighted by molar-refractivity contribution is 0.478. The summed E-state index contributed by atoms with van der Waals surface area (Å²) in [6.45, 7) is 0. The van der Waals surface area contributed by atoms with Crippen LogP contribution in [0.15, 0.2) is 17.5 Å². The number of aromatic hydroxyl groups is 2. The third kappa shape index (κ3) is 1.10. The van der Waals surface area contributed by atoms with Crippen LogP contribution in [0.3, 0.4) is 0 Å². The van der Waals surface area contributed by atoms with Gasteiger partial charge in [-0.1, -0.05) is 0 Å². The molecule has 0 amide bonds. The van der Waals surface area contributed by atoms with E-state index in [1.54, 1.807) is 6.07 Å². The molecule has 13 heavy (non-hydrogen) atoms. The van der Waals surface area contributed by atoms with Crippen LogP contribution in [0.4, 0.5) is 0 Å². The molecular formula is C9H5NO2S. The van der Waals surface area contributed by atoms with Gasteiger partial charge in [-0.25, -0.2) is 0 Å². The smallest absolute Gasteiger partial charge is 0.134 e. The van der Waals surface area contributed by atoms with Crippen molar-refractivity contribution in [1.82, 2.24) is 0 Å². The lowest BCUT2D eigenvalue weighted by atomic mass is 10.1. The van der Waals surface area contributed by atoms with Gasteiger partial charge in [0.05, 0.1) is 16.3 Å². The van der Waals surface area contributed by atoms with Crippen molar-refractivity contribution in [1.29, 1.82) is 5.26 Å². The molecule has 2 N–H and O–H groups in total. The molecule has 2 rings (SSSR count). The van der Waals surface area contributed by atoms with Crippen molar-refractivity contribution in [2.24, 2.45) is 0 Å². The Morgan fingerprint density at radius 2 is 2.00 bits per heavy atom. The Labute approximate surface area is 78.1 Å². The first-order valence-corrected chi connectivity index (χ1v) is 4.43. The molecule has 0 saturated carbocycles. The number of nitriles is 1. The molecule has 1 aromatic carbocycles. The molecule has 2 aromatic rings. The predicted octanol–water partition coefficient (Wildman–Crippen LogP) is 2.18. The number of fused-ring (bicyclic) bond motifs is 1. The highest BCUT2D eigenvalue weighted by molar-refractivity contribution is 7.18. The van der Waals surface area contributed by atoms with Crippen LogP contribution in [-0.4, -0.2) is 10.2 Å². The van der Waals surface area contributed by atoms with Gasteiger partial charge >= 0.3 is 0 Å². The molecule has 0 bridgehead atoms. The van der Waals surface area contributed by atoms with Crippen LogP contribution < -0.4 is 0 Å². The van der Waals surface area contributed by atoms with Gasteiger partial charge in [0.15, 0.2) is 0 Å². The number of hydrogen-bond acceptors (Lipinski definition) is 4. The minimum Gasteiger partial charge on any atom is -0.506 e. The Kier molecular flexibility index (Phi) is 1.61. The molecule has 1 heterocycles. The Bertz CT molecular complexity index is 510. The zero-order chi connectivity index (χ0) is 9.42. The zero-order valence-corrected chi connectivity index (χ0v) is 7.30. The monoisotopic (exact) mass is 191 g/mol. The second kappa shape index (κ2) is 2.64. The zero-order valence-electron chi connectivity index (χ0n) is 6.48. The summed E-state index contributed by atoms with van der Waals surface area (Å²) in [5.74, 6) is 0.145. The number of phenolic OH excluding ortho intramolecular Hbond substituents is 1. The molecular weight excluding hydrogens is 186 g/mol. The summed E-state index contributed by atoms with van der Waals surface area (Å²) in [6.07, 6.45) is 0. The Hall–Kier alpha value is -1.73. The fourth-order valence-electron chi connectivity index (χ4n) is 1.17. The van der Waals surface area contributed by atoms with E-state index >= 15 is 0 Å². The SMILES string of the molecule is N#Cc1cc(O)c2scc(O)c2c1. The van der Waals surface area contributed by atoms with Crippen LogP contribution in [0, 0.1) is 11.3 Å². The molecule has 0 fully saturated rings. The van der Waals surface area contributed by atoms with Crippen LogP contribution in [0.1, 0.15) is 5.56 Å². The van der Waals surface area contributed by atoms with Crippen LogP contribution >= 0.6 is 11.3 Å². The lowest BCUT2D eigenvalue weighted by Gasteiger charge is -1.95. The summed E-state index contributed by atoms with van der Waals surface area (Å²) >= 11 is 1.25. The maximum Gasteiger partial charge on any atom is 0.134 e. The summed E-state index contributed by atoms with van der Waals surface area (Å²) < 4.78 is 0.608. The van der Waals surface area contributed by atoms with Crippen molar-refractivity contribution in [3.63, 3.8) is 0 Å². The number of thiophene rings is 1. The van der Waals surface area contributed by atoms with E-state index in [0.29, 0.717) is 15.6 Å². The molecule has 3 nitrogen and oxygen atoms in total. The van der Waals surface area contributed by atoms with Crippen molar-refractivity contribution in [2.45, 2.75) is 0 Å². The van der Waals surface area contributed by atoms with Crippen molar-refractivity contribution in [3.05, 3.63) is 23.1 Å². The standard InChI is InChI=1S/C9H5NO2S/c10-3-5-1-6-8(12)4-13-9(6)7(11)2-5/h1-2,4,11-12H. The van der Waals surface area contributed by atoms with Gasteiger partial charge in [-0.15, -0.1) is 11.3 Å². The Morgan fingerprint density at radius 3 is 2.69 bits per heavy atom. The second-order valence-corrected chi connectivity index (χ2v) is 3.48. The van der Waals surface area contributed by atoms with E-state index in [2.05, 4.69) is 0 Å². The van der Waals surface area contributed by atoms with Crippen LogP contribution in [0.2, 0.25) is 0 Å². The van der Waals surface area contributed by atoms with E-state index in [1.165, 1.54) is 22.8 Å². The molecule has 0 atom stereocenters. The second-order valence-electron chi connectivity index (χ2n) is 2.60. The summed E-state index contributed by atoms with van der Waals surface area (Å²) in [5, 5.41) is 29.5. The number of benzene rings is 1. The van der Waals surface area contributed by atoms with Gasteiger partial charge in [-0.3, -0.25) is 0 Å². The molecule has 0 saturated heterocycles. The van der Waals surface area contributed by atoms with E-state index in [1.807, 2.05) is 6.07 Å². The van der Waals surface area contributed by atoms with Crippen molar-refractivity contribution in [3.8, 4) is 17.6 Å². The van der Waals surface area contributed by atoms with Crippen molar-refractivity contribution < 1.29 is 10.2 Å². The Morgan fingerprint density at radius 1 is 1.23 bits per heavy atom. The molecule has 0 spiro atoms. The van der Waals surface area contributed by atoms with Gasteiger partial charge in [0.25, 0.3) is 0 Å². The van der Waals surface area contributed by atoms with Gasteiger partial charge in [0, 0.05) is 10.8 Å². The highest BCUT2D eigenvalue weighted by Crippen LogP contribution is 2.37. The van der Waals surface area contributed by atoms with Crippen molar-refractivity contribution in [2.75, 3.05) is 0 Å². The number of phenols is 1. The molecule has 4 heteroatoms. The minimum absolute atomic E-state index is 0.0411. The average molecular weight is 191 g/mol. The summed E-state index contributed by atoms with van der Waals surface area (Å²) in [6, 6.07) is 4.85. The largest absolute Gasteiger partial charge is 0.506 e. The molecule has 0 aliphatic heterocycles. The Balaban J connectivity index is 2.90. The summed E-state index contributed by atoms with van der Waals surface area (Å²) in [7, 11) is 0. The van der Waals surface area contributed by atoms with Gasteiger partial charge in [0.1, 0.15) is 11.5 Å². The van der Waals surface area contributed by atoms with Crippen LogP contribution in [0.5, 0.6) is 11.5 Å². The van der Waals surface area contributed by atoms with Crippen LogP contribution in [0.25, 0.3) is 10.1 Å². The molecule has 0 aliphatic carbocycles. The fourth-order valence-corrected chi connectivity index (χ4v) is 2.00. The third-order valence-electron chi connectivity index (χ3n) is 1.76. The molecule has 64 valence electrons. The topological polar surface area (TPSA) is 64.2 Å². The summed E-state index contributed by atoms with van der Waals surface area (Å²) in [4.78, 5) is 0.